The molecule has 1 aromatic rings. The highest BCUT2D eigenvalue weighted by atomic mass is 16.5. The highest BCUT2D eigenvalue weighted by Crippen LogP contribution is 2.29. The zero-order chi connectivity index (χ0) is 15.1. The second-order valence-electron chi connectivity index (χ2n) is 5.97. The molecule has 1 saturated heterocycles. The Labute approximate surface area is 121 Å². The lowest BCUT2D eigenvalue weighted by atomic mass is 9.85. The molecule has 2 rings (SSSR count). The first kappa shape index (κ1) is 16.7. The number of carbonyl (C=O) groups excluding carboxylic acids is 1. The van der Waals surface area contributed by atoms with E-state index in [2.05, 4.69) is 10.1 Å². The number of nitrogens with one attached hydrogen (secondary N) is 1. The largest absolute Gasteiger partial charge is 0.462 e. The summed E-state index contributed by atoms with van der Waals surface area (Å²) in [5.41, 5.74) is 0.144. The van der Waals surface area contributed by atoms with Gasteiger partial charge in [-0.2, -0.15) is 0 Å². The number of hydrogen-bond acceptors (Lipinski definition) is 4. The van der Waals surface area contributed by atoms with Crippen LogP contribution in [-0.4, -0.2) is 30.3 Å². The van der Waals surface area contributed by atoms with E-state index in [1.165, 1.54) is 0 Å². The Morgan fingerprint density at radius 1 is 1.20 bits per heavy atom. The van der Waals surface area contributed by atoms with Crippen LogP contribution in [0.25, 0.3) is 0 Å². The van der Waals surface area contributed by atoms with Crippen LogP contribution in [0.2, 0.25) is 0 Å². The van der Waals surface area contributed by atoms with Gasteiger partial charge in [0.1, 0.15) is 5.60 Å². The smallest absolute Gasteiger partial charge is 0.293 e. The maximum absolute atomic E-state index is 10.3. The Balaban J connectivity index is 0.000000246. The monoisotopic (exact) mass is 279 g/mol. The summed E-state index contributed by atoms with van der Waals surface area (Å²) in [5.74, 6) is 0. The number of rotatable bonds is 2. The minimum absolute atomic E-state index is 0.318. The van der Waals surface area contributed by atoms with Crippen LogP contribution in [-0.2, 0) is 15.1 Å². The molecule has 1 aromatic carbocycles. The molecule has 2 N–H and O–H groups in total. The zero-order valence-corrected chi connectivity index (χ0v) is 12.6. The Morgan fingerprint density at radius 3 is 2.15 bits per heavy atom. The van der Waals surface area contributed by atoms with Gasteiger partial charge in [-0.1, -0.05) is 30.3 Å². The Kier molecular flexibility index (Phi) is 6.17. The van der Waals surface area contributed by atoms with E-state index < -0.39 is 5.60 Å². The molecular weight excluding hydrogens is 254 g/mol. The van der Waals surface area contributed by atoms with Crippen molar-refractivity contribution in [2.24, 2.45) is 0 Å². The van der Waals surface area contributed by atoms with Gasteiger partial charge in [0.2, 0.25) is 0 Å². The maximum atomic E-state index is 10.3. The molecule has 1 aliphatic rings. The first-order chi connectivity index (χ1) is 9.37. The van der Waals surface area contributed by atoms with Crippen molar-refractivity contribution in [2.45, 2.75) is 44.8 Å². The third kappa shape index (κ3) is 5.72. The van der Waals surface area contributed by atoms with Crippen molar-refractivity contribution in [2.75, 3.05) is 13.1 Å². The van der Waals surface area contributed by atoms with Crippen molar-refractivity contribution < 1.29 is 14.6 Å². The van der Waals surface area contributed by atoms with Gasteiger partial charge in [-0.15, -0.1) is 0 Å². The van der Waals surface area contributed by atoms with Gasteiger partial charge in [0.05, 0.1) is 5.60 Å². The predicted octanol–water partition coefficient (Wildman–Crippen LogP) is 2.22. The third-order valence-electron chi connectivity index (χ3n) is 3.14. The van der Waals surface area contributed by atoms with Crippen molar-refractivity contribution in [3.05, 3.63) is 35.9 Å². The number of aliphatic hydroxyl groups is 1. The van der Waals surface area contributed by atoms with Crippen molar-refractivity contribution >= 4 is 6.47 Å². The summed E-state index contributed by atoms with van der Waals surface area (Å²) in [6.45, 7) is 7.74. The summed E-state index contributed by atoms with van der Waals surface area (Å²) >= 11 is 0. The molecule has 4 nitrogen and oxygen atoms in total. The fourth-order valence-electron chi connectivity index (χ4n) is 2.02. The number of ether oxygens (including phenoxy) is 1. The second kappa shape index (κ2) is 7.41. The van der Waals surface area contributed by atoms with Crippen LogP contribution in [0.3, 0.4) is 0 Å². The van der Waals surface area contributed by atoms with Gasteiger partial charge in [0, 0.05) is 0 Å². The highest BCUT2D eigenvalue weighted by molar-refractivity contribution is 5.37. The van der Waals surface area contributed by atoms with Crippen molar-refractivity contribution in [1.82, 2.24) is 5.32 Å². The number of piperidine rings is 1. The van der Waals surface area contributed by atoms with Gasteiger partial charge in [0.15, 0.2) is 0 Å². The van der Waals surface area contributed by atoms with E-state index in [1.807, 2.05) is 51.1 Å². The van der Waals surface area contributed by atoms with Crippen molar-refractivity contribution in [3.8, 4) is 0 Å². The van der Waals surface area contributed by atoms with E-state index in [9.17, 15) is 9.90 Å². The number of benzene rings is 1. The second-order valence-corrected chi connectivity index (χ2v) is 5.97. The number of hydrogen-bond donors (Lipinski definition) is 2. The van der Waals surface area contributed by atoms with Gasteiger partial charge < -0.3 is 15.2 Å². The van der Waals surface area contributed by atoms with Crippen LogP contribution in [0.15, 0.2) is 30.3 Å². The van der Waals surface area contributed by atoms with Gasteiger partial charge in [-0.3, -0.25) is 4.79 Å². The summed E-state index contributed by atoms with van der Waals surface area (Å²) < 4.78 is 4.55. The SMILES string of the molecule is CC(C)(C)OC=O.OC1(c2ccccc2)CCNCC1. The zero-order valence-electron chi connectivity index (χ0n) is 12.6. The molecule has 0 bridgehead atoms. The van der Waals surface area contributed by atoms with Crippen LogP contribution in [0, 0.1) is 0 Å². The average Bonchev–Trinajstić information content (AvgIpc) is 2.40. The fraction of sp³-hybridized carbons (Fsp3) is 0.562. The Bertz CT molecular complexity index is 392. The molecule has 0 atom stereocenters. The molecule has 112 valence electrons. The maximum Gasteiger partial charge on any atom is 0.293 e. The molecule has 4 heteroatoms. The topological polar surface area (TPSA) is 58.6 Å². The summed E-state index contributed by atoms with van der Waals surface area (Å²) in [6.07, 6.45) is 1.63. The van der Waals surface area contributed by atoms with E-state index in [1.54, 1.807) is 0 Å². The van der Waals surface area contributed by atoms with Crippen LogP contribution in [0.4, 0.5) is 0 Å². The summed E-state index contributed by atoms with van der Waals surface area (Å²) in [6, 6.07) is 9.95. The lowest BCUT2D eigenvalue weighted by Crippen LogP contribution is -2.39. The molecule has 0 unspecified atom stereocenters. The molecule has 0 radical (unpaired) electrons. The minimum atomic E-state index is -0.591. The average molecular weight is 279 g/mol. The lowest BCUT2D eigenvalue weighted by molar-refractivity contribution is -0.138. The molecular formula is C16H25NO3. The van der Waals surface area contributed by atoms with Gasteiger partial charge >= 0.3 is 0 Å². The third-order valence-corrected chi connectivity index (χ3v) is 3.14. The fourth-order valence-corrected chi connectivity index (χ4v) is 2.02. The lowest BCUT2D eigenvalue weighted by Gasteiger charge is -2.32. The Morgan fingerprint density at radius 2 is 1.75 bits per heavy atom. The van der Waals surface area contributed by atoms with Crippen molar-refractivity contribution in [1.29, 1.82) is 0 Å². The molecule has 0 aromatic heterocycles. The van der Waals surface area contributed by atoms with E-state index in [0.717, 1.165) is 31.5 Å². The van der Waals surface area contributed by atoms with E-state index in [-0.39, 0.29) is 5.60 Å². The molecule has 20 heavy (non-hydrogen) atoms. The molecule has 0 amide bonds. The van der Waals surface area contributed by atoms with Gasteiger partial charge in [0.25, 0.3) is 6.47 Å². The molecule has 1 aliphatic heterocycles. The van der Waals surface area contributed by atoms with E-state index >= 15 is 0 Å². The van der Waals surface area contributed by atoms with Crippen LogP contribution < -0.4 is 5.32 Å². The summed E-state index contributed by atoms with van der Waals surface area (Å²) in [5, 5.41) is 13.6. The molecule has 1 fully saturated rings. The molecule has 0 aliphatic carbocycles. The quantitative estimate of drug-likeness (QED) is 0.815. The molecule has 0 spiro atoms. The van der Waals surface area contributed by atoms with Crippen molar-refractivity contribution in [3.63, 3.8) is 0 Å². The van der Waals surface area contributed by atoms with E-state index in [4.69, 9.17) is 0 Å². The highest BCUT2D eigenvalue weighted by Gasteiger charge is 2.30. The van der Waals surface area contributed by atoms with Gasteiger partial charge in [-0.05, 0) is 52.3 Å². The Hall–Kier alpha value is -1.39. The molecule has 1 heterocycles. The van der Waals surface area contributed by atoms with Gasteiger partial charge in [-0.25, -0.2) is 0 Å². The summed E-state index contributed by atoms with van der Waals surface area (Å²) in [4.78, 5) is 9.60. The van der Waals surface area contributed by atoms with Crippen LogP contribution in [0.5, 0.6) is 0 Å². The molecule has 0 saturated carbocycles. The first-order valence-electron chi connectivity index (χ1n) is 6.97. The summed E-state index contributed by atoms with van der Waals surface area (Å²) in [7, 11) is 0. The normalized spacial score (nSPS) is 17.6. The van der Waals surface area contributed by atoms with Crippen LogP contribution >= 0.6 is 0 Å². The van der Waals surface area contributed by atoms with E-state index in [0.29, 0.717) is 6.47 Å². The predicted molar refractivity (Wildman–Crippen MR) is 79.3 cm³/mol. The van der Waals surface area contributed by atoms with Crippen LogP contribution in [0.1, 0.15) is 39.2 Å². The standard InChI is InChI=1S/C11H15NO.C5H10O2/c13-11(6-8-12-9-7-11)10-4-2-1-3-5-10;1-5(2,3)7-4-6/h1-5,12-13H,6-9H2;4H,1-3H3. The minimum Gasteiger partial charge on any atom is -0.462 e. The number of carbonyl (C=O) groups is 1. The first-order valence-corrected chi connectivity index (χ1v) is 6.97.